The number of carbonyl (C=O) groups is 1. The van der Waals surface area contributed by atoms with E-state index in [9.17, 15) is 18.0 Å². The molecule has 0 saturated carbocycles. The molecule has 1 aromatic heterocycles. The topological polar surface area (TPSA) is 59.7 Å². The Morgan fingerprint density at radius 2 is 2.06 bits per heavy atom. The van der Waals surface area contributed by atoms with Crippen molar-refractivity contribution in [2.75, 3.05) is 19.7 Å². The number of morpholine rings is 1. The van der Waals surface area contributed by atoms with Gasteiger partial charge in [-0.1, -0.05) is 23.8 Å². The number of ether oxygens (including phenoxy) is 1. The molecule has 2 aromatic carbocycles. The number of fused-ring (bicyclic) bond motifs is 1. The van der Waals surface area contributed by atoms with Gasteiger partial charge in [0.2, 0.25) is 0 Å². The van der Waals surface area contributed by atoms with Gasteiger partial charge >= 0.3 is 6.18 Å². The average Bonchev–Trinajstić information content (AvgIpc) is 3.37. The van der Waals surface area contributed by atoms with Crippen LogP contribution in [0.15, 0.2) is 52.5 Å². The Kier molecular flexibility index (Phi) is 6.18. The summed E-state index contributed by atoms with van der Waals surface area (Å²) in [6, 6.07) is 9.84. The van der Waals surface area contributed by atoms with E-state index in [0.717, 1.165) is 17.0 Å². The van der Waals surface area contributed by atoms with Crippen molar-refractivity contribution in [1.29, 1.82) is 0 Å². The van der Waals surface area contributed by atoms with E-state index >= 15 is 0 Å². The highest BCUT2D eigenvalue weighted by Crippen LogP contribution is 2.34. The Hall–Kier alpha value is -3.11. The zero-order valence-corrected chi connectivity index (χ0v) is 20.0. The number of aliphatic imine (C=N–C) groups is 1. The third-order valence-electron chi connectivity index (χ3n) is 5.98. The highest BCUT2D eigenvalue weighted by Gasteiger charge is 2.33. The summed E-state index contributed by atoms with van der Waals surface area (Å²) < 4.78 is 47.7. The first-order valence-corrected chi connectivity index (χ1v) is 12.0. The highest BCUT2D eigenvalue weighted by atomic mass is 32.2. The number of amidine groups is 1. The van der Waals surface area contributed by atoms with Gasteiger partial charge in [-0.25, -0.2) is 0 Å². The lowest BCUT2D eigenvalue weighted by atomic mass is 10.0. The number of carbonyl (C=O) groups excluding carboxylic acids is 1. The molecule has 0 aliphatic carbocycles. The van der Waals surface area contributed by atoms with Gasteiger partial charge in [0, 0.05) is 18.5 Å². The summed E-state index contributed by atoms with van der Waals surface area (Å²) in [6.07, 6.45) is -0.943. The molecule has 2 aliphatic heterocycles. The summed E-state index contributed by atoms with van der Waals surface area (Å²) in [5, 5.41) is 5.78. The lowest BCUT2D eigenvalue weighted by molar-refractivity contribution is -0.138. The number of benzene rings is 2. The van der Waals surface area contributed by atoms with Crippen LogP contribution >= 0.6 is 11.8 Å². The minimum atomic E-state index is -4.44. The van der Waals surface area contributed by atoms with Crippen LogP contribution in [0.3, 0.4) is 0 Å². The molecule has 182 valence electrons. The molecule has 1 atom stereocenters. The Morgan fingerprint density at radius 1 is 1.23 bits per heavy atom. The van der Waals surface area contributed by atoms with Crippen LogP contribution in [0.25, 0.3) is 17.0 Å². The fourth-order valence-corrected chi connectivity index (χ4v) is 5.20. The molecule has 10 heteroatoms. The lowest BCUT2D eigenvalue weighted by Gasteiger charge is -2.31. The third kappa shape index (κ3) is 4.99. The number of hydrogen-bond acceptors (Lipinski definition) is 5. The molecule has 0 spiro atoms. The largest absolute Gasteiger partial charge is 0.416 e. The third-order valence-corrected chi connectivity index (χ3v) is 7.02. The standard InChI is InChI=1S/C25H23F3N4O2S/c1-15-3-5-18(20(9-15)25(26,27)28)14-32-21-6-4-17(10-19(21)12-29-32)11-22-23(33)30-24(35-22)31-7-8-34-16(2)13-31/h3-6,9-12,16H,7-8,13-14H2,1-2H3/b22-11-. The first kappa shape index (κ1) is 23.6. The number of nitrogens with zero attached hydrogens (tertiary/aromatic N) is 4. The molecule has 1 amide bonds. The van der Waals surface area contributed by atoms with Crippen LogP contribution in [0.5, 0.6) is 0 Å². The predicted octanol–water partition coefficient (Wildman–Crippen LogP) is 5.10. The summed E-state index contributed by atoms with van der Waals surface area (Å²) in [6.45, 7) is 5.61. The van der Waals surface area contributed by atoms with Gasteiger partial charge in [-0.2, -0.15) is 23.3 Å². The fourth-order valence-electron chi connectivity index (χ4n) is 4.25. The second kappa shape index (κ2) is 9.16. The highest BCUT2D eigenvalue weighted by molar-refractivity contribution is 8.18. The predicted molar refractivity (Wildman–Crippen MR) is 130 cm³/mol. The zero-order valence-electron chi connectivity index (χ0n) is 19.2. The van der Waals surface area contributed by atoms with Gasteiger partial charge in [-0.05, 0) is 61.0 Å². The van der Waals surface area contributed by atoms with E-state index in [1.54, 1.807) is 29.9 Å². The van der Waals surface area contributed by atoms with Crippen LogP contribution in [0.4, 0.5) is 13.2 Å². The molecule has 1 saturated heterocycles. The van der Waals surface area contributed by atoms with E-state index in [2.05, 4.69) is 15.0 Å². The Morgan fingerprint density at radius 3 is 2.83 bits per heavy atom. The molecule has 1 fully saturated rings. The normalized spacial score (nSPS) is 20.2. The van der Waals surface area contributed by atoms with Crippen molar-refractivity contribution in [2.24, 2.45) is 4.99 Å². The van der Waals surface area contributed by atoms with Crippen LogP contribution < -0.4 is 0 Å². The number of alkyl halides is 3. The monoisotopic (exact) mass is 500 g/mol. The zero-order chi connectivity index (χ0) is 24.7. The SMILES string of the molecule is Cc1ccc(Cn2ncc3cc(/C=C4\SC(N5CCOC(C)C5)=NC4=O)ccc32)c(C(F)(F)F)c1. The summed E-state index contributed by atoms with van der Waals surface area (Å²) in [4.78, 5) is 19.3. The van der Waals surface area contributed by atoms with Crippen molar-refractivity contribution < 1.29 is 22.7 Å². The summed E-state index contributed by atoms with van der Waals surface area (Å²) in [5.74, 6) is -0.279. The second-order valence-corrected chi connectivity index (χ2v) is 9.73. The molecule has 3 aromatic rings. The van der Waals surface area contributed by atoms with Crippen molar-refractivity contribution in [3.05, 3.63) is 69.8 Å². The second-order valence-electron chi connectivity index (χ2n) is 8.72. The van der Waals surface area contributed by atoms with Crippen LogP contribution in [0, 0.1) is 6.92 Å². The van der Waals surface area contributed by atoms with E-state index in [1.165, 1.54) is 17.8 Å². The quantitative estimate of drug-likeness (QED) is 0.468. The van der Waals surface area contributed by atoms with Crippen LogP contribution in [0.2, 0.25) is 0 Å². The first-order chi connectivity index (χ1) is 16.7. The van der Waals surface area contributed by atoms with Crippen molar-refractivity contribution in [3.8, 4) is 0 Å². The minimum absolute atomic E-state index is 0.00255. The van der Waals surface area contributed by atoms with Crippen molar-refractivity contribution in [2.45, 2.75) is 32.7 Å². The van der Waals surface area contributed by atoms with Gasteiger partial charge in [-0.3, -0.25) is 9.48 Å². The lowest BCUT2D eigenvalue weighted by Crippen LogP contribution is -2.43. The van der Waals surface area contributed by atoms with E-state index in [0.29, 0.717) is 40.8 Å². The smallest absolute Gasteiger partial charge is 0.375 e. The number of aryl methyl sites for hydroxylation is 1. The maximum atomic E-state index is 13.5. The Balaban J connectivity index is 1.37. The molecule has 0 N–H and O–H groups in total. The summed E-state index contributed by atoms with van der Waals surface area (Å²) >= 11 is 1.34. The fraction of sp³-hybridized carbons (Fsp3) is 0.320. The number of thioether (sulfide) groups is 1. The Bertz CT molecular complexity index is 1360. The molecule has 0 radical (unpaired) electrons. The molecular formula is C25H23F3N4O2S. The van der Waals surface area contributed by atoms with Crippen molar-refractivity contribution in [1.82, 2.24) is 14.7 Å². The molecule has 3 heterocycles. The Labute approximate surface area is 204 Å². The van der Waals surface area contributed by atoms with Gasteiger partial charge < -0.3 is 9.64 Å². The van der Waals surface area contributed by atoms with E-state index in [4.69, 9.17) is 4.74 Å². The van der Waals surface area contributed by atoms with E-state index < -0.39 is 11.7 Å². The minimum Gasteiger partial charge on any atom is -0.375 e. The molecule has 1 unspecified atom stereocenters. The van der Waals surface area contributed by atoms with Gasteiger partial charge in [0.05, 0.1) is 41.4 Å². The molecular weight excluding hydrogens is 477 g/mol. The first-order valence-electron chi connectivity index (χ1n) is 11.2. The summed E-state index contributed by atoms with van der Waals surface area (Å²) in [5.41, 5.74) is 1.58. The average molecular weight is 501 g/mol. The molecule has 5 rings (SSSR count). The van der Waals surface area contributed by atoms with Crippen LogP contribution in [-0.4, -0.2) is 51.6 Å². The van der Waals surface area contributed by atoms with Gasteiger partial charge in [0.25, 0.3) is 5.91 Å². The maximum absolute atomic E-state index is 13.5. The number of hydrogen-bond donors (Lipinski definition) is 0. The van der Waals surface area contributed by atoms with Crippen molar-refractivity contribution in [3.63, 3.8) is 0 Å². The van der Waals surface area contributed by atoms with Crippen molar-refractivity contribution >= 4 is 39.8 Å². The molecule has 6 nitrogen and oxygen atoms in total. The number of halogens is 3. The number of aromatic nitrogens is 2. The van der Waals surface area contributed by atoms with Gasteiger partial charge in [0.1, 0.15) is 0 Å². The summed E-state index contributed by atoms with van der Waals surface area (Å²) in [7, 11) is 0. The van der Waals surface area contributed by atoms with Crippen LogP contribution in [0.1, 0.15) is 29.2 Å². The molecule has 35 heavy (non-hydrogen) atoms. The van der Waals surface area contributed by atoms with E-state index in [1.807, 2.05) is 25.1 Å². The van der Waals surface area contributed by atoms with E-state index in [-0.39, 0.29) is 24.1 Å². The molecule has 2 aliphatic rings. The number of amides is 1. The van der Waals surface area contributed by atoms with Gasteiger partial charge in [0.15, 0.2) is 5.17 Å². The number of rotatable bonds is 3. The van der Waals surface area contributed by atoms with Crippen LogP contribution in [-0.2, 0) is 22.3 Å². The van der Waals surface area contributed by atoms with Gasteiger partial charge in [-0.15, -0.1) is 0 Å². The molecule has 0 bridgehead atoms. The maximum Gasteiger partial charge on any atom is 0.416 e.